The molecular formula is C16H24N2O2. The Morgan fingerprint density at radius 1 is 1.30 bits per heavy atom. The molecule has 110 valence electrons. The summed E-state index contributed by atoms with van der Waals surface area (Å²) >= 11 is 0. The van der Waals surface area contributed by atoms with Crippen molar-refractivity contribution in [2.45, 2.75) is 26.3 Å². The highest BCUT2D eigenvalue weighted by Gasteiger charge is 1.99. The highest BCUT2D eigenvalue weighted by Crippen LogP contribution is 2.11. The molecule has 0 aliphatic rings. The van der Waals surface area contributed by atoms with Gasteiger partial charge in [-0.15, -0.1) is 0 Å². The molecule has 20 heavy (non-hydrogen) atoms. The molecule has 0 spiro atoms. The van der Waals surface area contributed by atoms with E-state index in [0.717, 1.165) is 25.3 Å². The van der Waals surface area contributed by atoms with Crippen molar-refractivity contribution in [2.75, 3.05) is 19.7 Å². The topological polar surface area (TPSA) is 50.4 Å². The average molecular weight is 276 g/mol. The summed E-state index contributed by atoms with van der Waals surface area (Å²) in [7, 11) is 0. The fourth-order valence-corrected chi connectivity index (χ4v) is 1.65. The molecule has 4 nitrogen and oxygen atoms in total. The number of carbonyl (C=O) groups excluding carboxylic acids is 1. The van der Waals surface area contributed by atoms with Crippen LogP contribution in [0.2, 0.25) is 0 Å². The molecule has 0 fully saturated rings. The fraction of sp³-hybridized carbons (Fsp3) is 0.438. The number of hydrogen-bond acceptors (Lipinski definition) is 3. The van der Waals surface area contributed by atoms with Crippen LogP contribution in [0.25, 0.3) is 0 Å². The summed E-state index contributed by atoms with van der Waals surface area (Å²) in [5.41, 5.74) is 1.17. The van der Waals surface area contributed by atoms with E-state index in [2.05, 4.69) is 17.2 Å². The molecular weight excluding hydrogens is 252 g/mol. The molecule has 1 amide bonds. The molecule has 2 N–H and O–H groups in total. The standard InChI is InChI=1S/C16H24N2O2/c1-3-10-18-16(19)9-11-17-13-14-5-7-15(8-6-14)20-12-4-2/h4-8,17H,2-3,9-13H2,1H3,(H,18,19). The summed E-state index contributed by atoms with van der Waals surface area (Å²) in [6, 6.07) is 7.91. The highest BCUT2D eigenvalue weighted by atomic mass is 16.5. The summed E-state index contributed by atoms with van der Waals surface area (Å²) in [6.07, 6.45) is 3.21. The zero-order chi connectivity index (χ0) is 14.6. The summed E-state index contributed by atoms with van der Waals surface area (Å²) in [4.78, 5) is 11.4. The molecule has 0 aromatic heterocycles. The van der Waals surface area contributed by atoms with Crippen LogP contribution >= 0.6 is 0 Å². The first-order valence-electron chi connectivity index (χ1n) is 7.06. The van der Waals surface area contributed by atoms with Crippen molar-refractivity contribution in [3.63, 3.8) is 0 Å². The fourth-order valence-electron chi connectivity index (χ4n) is 1.65. The van der Waals surface area contributed by atoms with E-state index in [-0.39, 0.29) is 5.91 Å². The molecule has 4 heteroatoms. The molecule has 0 heterocycles. The maximum atomic E-state index is 11.4. The Morgan fingerprint density at radius 2 is 2.05 bits per heavy atom. The smallest absolute Gasteiger partial charge is 0.221 e. The van der Waals surface area contributed by atoms with Gasteiger partial charge in [0.25, 0.3) is 0 Å². The van der Waals surface area contributed by atoms with Gasteiger partial charge in [-0.2, -0.15) is 0 Å². The second-order valence-electron chi connectivity index (χ2n) is 4.52. The van der Waals surface area contributed by atoms with Crippen LogP contribution in [0.5, 0.6) is 5.75 Å². The van der Waals surface area contributed by atoms with Crippen molar-refractivity contribution < 1.29 is 9.53 Å². The maximum Gasteiger partial charge on any atom is 0.221 e. The van der Waals surface area contributed by atoms with Crippen molar-refractivity contribution in [2.24, 2.45) is 0 Å². The zero-order valence-corrected chi connectivity index (χ0v) is 12.2. The lowest BCUT2D eigenvalue weighted by atomic mass is 10.2. The first-order chi connectivity index (χ1) is 9.76. The Kier molecular flexibility index (Phi) is 8.15. The van der Waals surface area contributed by atoms with Crippen LogP contribution in [0.4, 0.5) is 0 Å². The van der Waals surface area contributed by atoms with Gasteiger partial charge < -0.3 is 15.4 Å². The highest BCUT2D eigenvalue weighted by molar-refractivity contribution is 5.75. The Morgan fingerprint density at radius 3 is 2.70 bits per heavy atom. The number of amides is 1. The van der Waals surface area contributed by atoms with Crippen molar-refractivity contribution >= 4 is 5.91 Å². The van der Waals surface area contributed by atoms with E-state index in [9.17, 15) is 4.79 Å². The van der Waals surface area contributed by atoms with Gasteiger partial charge in [0.2, 0.25) is 5.91 Å². The van der Waals surface area contributed by atoms with Gasteiger partial charge in [0.05, 0.1) is 0 Å². The average Bonchev–Trinajstić information content (AvgIpc) is 2.48. The molecule has 0 saturated heterocycles. The summed E-state index contributed by atoms with van der Waals surface area (Å²) < 4.78 is 5.41. The zero-order valence-electron chi connectivity index (χ0n) is 12.2. The molecule has 0 unspecified atom stereocenters. The summed E-state index contributed by atoms with van der Waals surface area (Å²) in [6.45, 7) is 8.36. The monoisotopic (exact) mass is 276 g/mol. The Labute approximate surface area is 121 Å². The molecule has 1 aromatic carbocycles. The molecule has 0 atom stereocenters. The first-order valence-corrected chi connectivity index (χ1v) is 7.06. The SMILES string of the molecule is C=CCOc1ccc(CNCCC(=O)NCCC)cc1. The molecule has 0 radical (unpaired) electrons. The lowest BCUT2D eigenvalue weighted by Crippen LogP contribution is -2.27. The van der Waals surface area contributed by atoms with Crippen molar-refractivity contribution in [1.29, 1.82) is 0 Å². The largest absolute Gasteiger partial charge is 0.490 e. The third-order valence-electron chi connectivity index (χ3n) is 2.72. The minimum absolute atomic E-state index is 0.104. The van der Waals surface area contributed by atoms with Gasteiger partial charge in [0.15, 0.2) is 0 Å². The van der Waals surface area contributed by atoms with Gasteiger partial charge in [-0.1, -0.05) is 31.7 Å². The Bertz CT molecular complexity index is 401. The van der Waals surface area contributed by atoms with Crippen LogP contribution in [-0.4, -0.2) is 25.6 Å². The minimum Gasteiger partial charge on any atom is -0.490 e. The number of benzene rings is 1. The lowest BCUT2D eigenvalue weighted by Gasteiger charge is -2.07. The second kappa shape index (κ2) is 10.0. The number of rotatable bonds is 10. The van der Waals surface area contributed by atoms with Gasteiger partial charge in [-0.05, 0) is 24.1 Å². The van der Waals surface area contributed by atoms with Crippen LogP contribution in [0.15, 0.2) is 36.9 Å². The van der Waals surface area contributed by atoms with Gasteiger partial charge in [0.1, 0.15) is 12.4 Å². The third-order valence-corrected chi connectivity index (χ3v) is 2.72. The van der Waals surface area contributed by atoms with E-state index in [4.69, 9.17) is 4.74 Å². The van der Waals surface area contributed by atoms with Crippen molar-refractivity contribution in [1.82, 2.24) is 10.6 Å². The molecule has 0 bridgehead atoms. The molecule has 1 rings (SSSR count). The summed E-state index contributed by atoms with van der Waals surface area (Å²) in [5.74, 6) is 0.945. The van der Waals surface area contributed by atoms with Crippen LogP contribution in [0, 0.1) is 0 Å². The van der Waals surface area contributed by atoms with E-state index >= 15 is 0 Å². The number of nitrogens with one attached hydrogen (secondary N) is 2. The van der Waals surface area contributed by atoms with Crippen molar-refractivity contribution in [3.05, 3.63) is 42.5 Å². The van der Waals surface area contributed by atoms with Crippen LogP contribution in [-0.2, 0) is 11.3 Å². The van der Waals surface area contributed by atoms with E-state index < -0.39 is 0 Å². The van der Waals surface area contributed by atoms with Crippen LogP contribution < -0.4 is 15.4 Å². The molecule has 0 saturated carbocycles. The van der Waals surface area contributed by atoms with E-state index in [1.807, 2.05) is 31.2 Å². The van der Waals surface area contributed by atoms with Gasteiger partial charge in [0, 0.05) is 26.1 Å². The maximum absolute atomic E-state index is 11.4. The van der Waals surface area contributed by atoms with Crippen LogP contribution in [0.3, 0.4) is 0 Å². The minimum atomic E-state index is 0.104. The van der Waals surface area contributed by atoms with Crippen molar-refractivity contribution in [3.8, 4) is 5.75 Å². The number of ether oxygens (including phenoxy) is 1. The quantitative estimate of drug-likeness (QED) is 0.509. The van der Waals surface area contributed by atoms with E-state index in [1.54, 1.807) is 6.08 Å². The predicted octanol–water partition coefficient (Wildman–Crippen LogP) is 2.26. The Hall–Kier alpha value is -1.81. The first kappa shape index (κ1) is 16.2. The van der Waals surface area contributed by atoms with Crippen LogP contribution in [0.1, 0.15) is 25.3 Å². The number of carbonyl (C=O) groups is 1. The van der Waals surface area contributed by atoms with E-state index in [1.165, 1.54) is 5.56 Å². The second-order valence-corrected chi connectivity index (χ2v) is 4.52. The van der Waals surface area contributed by atoms with E-state index in [0.29, 0.717) is 19.6 Å². The lowest BCUT2D eigenvalue weighted by molar-refractivity contribution is -0.120. The predicted molar refractivity (Wildman–Crippen MR) is 81.8 cm³/mol. The normalized spacial score (nSPS) is 10.1. The molecule has 0 aliphatic heterocycles. The molecule has 1 aromatic rings. The third kappa shape index (κ3) is 6.95. The van der Waals surface area contributed by atoms with Gasteiger partial charge in [-0.25, -0.2) is 0 Å². The summed E-state index contributed by atoms with van der Waals surface area (Å²) in [5, 5.41) is 6.11. The molecule has 0 aliphatic carbocycles. The number of hydrogen-bond donors (Lipinski definition) is 2. The Balaban J connectivity index is 2.18. The van der Waals surface area contributed by atoms with Gasteiger partial charge in [-0.3, -0.25) is 4.79 Å². The van der Waals surface area contributed by atoms with Gasteiger partial charge >= 0.3 is 0 Å².